The van der Waals surface area contributed by atoms with Gasteiger partial charge in [-0.3, -0.25) is 9.59 Å². The number of rotatable bonds is 2. The molecule has 2 atom stereocenters. The number of fused-ring (bicyclic) bond motifs is 2. The number of amides is 2. The quantitative estimate of drug-likeness (QED) is 0.830. The third-order valence-electron chi connectivity index (χ3n) is 5.84. The molecule has 0 spiro atoms. The zero-order valence-corrected chi connectivity index (χ0v) is 14.2. The molecule has 1 aliphatic carbocycles. The van der Waals surface area contributed by atoms with Gasteiger partial charge in [0.2, 0.25) is 21.8 Å². The molecule has 1 saturated carbocycles. The Balaban J connectivity index is 2.05. The minimum Gasteiger partial charge on any atom is -0.274 e. The van der Waals surface area contributed by atoms with Crippen LogP contribution in [0.15, 0.2) is 29.2 Å². The first kappa shape index (κ1) is 16.1. The molecular weight excluding hydrogens is 316 g/mol. The van der Waals surface area contributed by atoms with Gasteiger partial charge >= 0.3 is 0 Å². The van der Waals surface area contributed by atoms with Crippen LogP contribution in [-0.2, 0) is 19.6 Å². The van der Waals surface area contributed by atoms with Crippen LogP contribution in [0.1, 0.15) is 33.6 Å². The lowest BCUT2D eigenvalue weighted by molar-refractivity contribution is -0.146. The number of piperidine rings is 1. The lowest BCUT2D eigenvalue weighted by Gasteiger charge is -2.47. The minimum atomic E-state index is -3.81. The van der Waals surface area contributed by atoms with Gasteiger partial charge in [-0.15, -0.1) is 0 Å². The first-order valence-electron chi connectivity index (χ1n) is 7.51. The zero-order valence-electron chi connectivity index (χ0n) is 13.4. The molecule has 2 N–H and O–H groups in total. The SMILES string of the molecule is CC1(C)[C@H]2CC[C@@]1(C)C(=O)N(c1ccc(S(N)(=O)=O)cc1)C2=O. The van der Waals surface area contributed by atoms with Crippen molar-refractivity contribution in [2.45, 2.75) is 38.5 Å². The van der Waals surface area contributed by atoms with Crippen molar-refractivity contribution in [3.8, 4) is 0 Å². The molecule has 2 fully saturated rings. The predicted molar refractivity (Wildman–Crippen MR) is 84.9 cm³/mol. The lowest BCUT2D eigenvalue weighted by Crippen LogP contribution is -2.59. The predicted octanol–water partition coefficient (Wildman–Crippen LogP) is 1.65. The van der Waals surface area contributed by atoms with Gasteiger partial charge in [0.15, 0.2) is 0 Å². The summed E-state index contributed by atoms with van der Waals surface area (Å²) in [6.45, 7) is 5.86. The zero-order chi connectivity index (χ0) is 17.2. The van der Waals surface area contributed by atoms with E-state index in [1.165, 1.54) is 29.2 Å². The van der Waals surface area contributed by atoms with E-state index in [1.807, 2.05) is 20.8 Å². The lowest BCUT2D eigenvalue weighted by atomic mass is 9.62. The monoisotopic (exact) mass is 336 g/mol. The van der Waals surface area contributed by atoms with Crippen LogP contribution in [0.25, 0.3) is 0 Å². The summed E-state index contributed by atoms with van der Waals surface area (Å²) in [7, 11) is -3.81. The van der Waals surface area contributed by atoms with Gasteiger partial charge in [0.05, 0.1) is 16.0 Å². The van der Waals surface area contributed by atoms with E-state index in [0.717, 1.165) is 0 Å². The number of nitrogens with zero attached hydrogens (tertiary/aromatic N) is 1. The Morgan fingerprint density at radius 3 is 2.22 bits per heavy atom. The summed E-state index contributed by atoms with van der Waals surface area (Å²) in [6, 6.07) is 5.54. The van der Waals surface area contributed by atoms with Crippen LogP contribution in [0.3, 0.4) is 0 Å². The topological polar surface area (TPSA) is 97.5 Å². The highest BCUT2D eigenvalue weighted by Crippen LogP contribution is 2.60. The summed E-state index contributed by atoms with van der Waals surface area (Å²) in [5, 5.41) is 5.08. The molecule has 1 heterocycles. The Labute approximate surface area is 135 Å². The van der Waals surface area contributed by atoms with Gasteiger partial charge in [0.25, 0.3) is 0 Å². The van der Waals surface area contributed by atoms with Crippen molar-refractivity contribution in [3.63, 3.8) is 0 Å². The summed E-state index contributed by atoms with van der Waals surface area (Å²) in [5.74, 6) is -0.633. The van der Waals surface area contributed by atoms with Crippen LogP contribution < -0.4 is 10.0 Å². The molecule has 1 aliphatic heterocycles. The highest BCUT2D eigenvalue weighted by Gasteiger charge is 2.64. The highest BCUT2D eigenvalue weighted by atomic mass is 32.2. The van der Waals surface area contributed by atoms with Crippen LogP contribution in [0.5, 0.6) is 0 Å². The molecule has 23 heavy (non-hydrogen) atoms. The van der Waals surface area contributed by atoms with E-state index in [4.69, 9.17) is 5.14 Å². The Kier molecular flexibility index (Phi) is 3.26. The normalized spacial score (nSPS) is 29.9. The molecule has 124 valence electrons. The maximum atomic E-state index is 13.0. The Morgan fingerprint density at radius 2 is 1.70 bits per heavy atom. The third-order valence-corrected chi connectivity index (χ3v) is 6.77. The average Bonchev–Trinajstić information content (AvgIpc) is 2.63. The molecule has 2 amide bonds. The van der Waals surface area contributed by atoms with Crippen LogP contribution in [0.2, 0.25) is 0 Å². The maximum Gasteiger partial charge on any atom is 0.240 e. The van der Waals surface area contributed by atoms with E-state index < -0.39 is 15.4 Å². The summed E-state index contributed by atoms with van der Waals surface area (Å²) in [5.41, 5.74) is -0.580. The number of hydrogen-bond acceptors (Lipinski definition) is 4. The summed E-state index contributed by atoms with van der Waals surface area (Å²) in [4.78, 5) is 26.9. The van der Waals surface area contributed by atoms with Gasteiger partial charge in [0.1, 0.15) is 0 Å². The Bertz CT molecular complexity index is 798. The summed E-state index contributed by atoms with van der Waals surface area (Å²) >= 11 is 0. The van der Waals surface area contributed by atoms with Gasteiger partial charge in [-0.1, -0.05) is 20.8 Å². The van der Waals surface area contributed by atoms with Crippen molar-refractivity contribution in [1.82, 2.24) is 0 Å². The third kappa shape index (κ3) is 2.06. The van der Waals surface area contributed by atoms with E-state index in [2.05, 4.69) is 0 Å². The molecule has 1 saturated heterocycles. The first-order valence-corrected chi connectivity index (χ1v) is 9.06. The molecule has 6 nitrogen and oxygen atoms in total. The van der Waals surface area contributed by atoms with Gasteiger partial charge in [-0.25, -0.2) is 18.5 Å². The summed E-state index contributed by atoms with van der Waals surface area (Å²) in [6.07, 6.45) is 1.38. The van der Waals surface area contributed by atoms with Crippen molar-refractivity contribution in [1.29, 1.82) is 0 Å². The molecule has 7 heteroatoms. The molecule has 2 aliphatic rings. The average molecular weight is 336 g/mol. The molecular formula is C16H20N2O4S. The van der Waals surface area contributed by atoms with Crippen molar-refractivity contribution < 1.29 is 18.0 Å². The molecule has 0 aromatic heterocycles. The number of imide groups is 1. The Hall–Kier alpha value is -1.73. The largest absolute Gasteiger partial charge is 0.274 e. The second-order valence-electron chi connectivity index (χ2n) is 7.16. The van der Waals surface area contributed by atoms with Crippen molar-refractivity contribution in [2.24, 2.45) is 21.9 Å². The van der Waals surface area contributed by atoms with Crippen LogP contribution in [0.4, 0.5) is 5.69 Å². The second kappa shape index (κ2) is 4.64. The number of anilines is 1. The first-order chi connectivity index (χ1) is 10.5. The number of hydrogen-bond donors (Lipinski definition) is 1. The fourth-order valence-electron chi connectivity index (χ4n) is 3.85. The van der Waals surface area contributed by atoms with E-state index in [1.54, 1.807) is 0 Å². The van der Waals surface area contributed by atoms with E-state index in [-0.39, 0.29) is 28.0 Å². The van der Waals surface area contributed by atoms with Crippen LogP contribution in [-0.4, -0.2) is 20.2 Å². The number of carbonyl (C=O) groups excluding carboxylic acids is 2. The molecule has 1 aromatic rings. The van der Waals surface area contributed by atoms with E-state index in [0.29, 0.717) is 18.5 Å². The molecule has 2 bridgehead atoms. The highest BCUT2D eigenvalue weighted by molar-refractivity contribution is 7.89. The van der Waals surface area contributed by atoms with Gasteiger partial charge in [0, 0.05) is 5.92 Å². The van der Waals surface area contributed by atoms with Gasteiger partial charge in [-0.05, 0) is 42.5 Å². The Morgan fingerprint density at radius 1 is 1.13 bits per heavy atom. The summed E-state index contributed by atoms with van der Waals surface area (Å²) < 4.78 is 22.7. The molecule has 1 aromatic carbocycles. The van der Waals surface area contributed by atoms with Gasteiger partial charge < -0.3 is 0 Å². The maximum absolute atomic E-state index is 13.0. The van der Waals surface area contributed by atoms with Crippen LogP contribution >= 0.6 is 0 Å². The van der Waals surface area contributed by atoms with E-state index >= 15 is 0 Å². The van der Waals surface area contributed by atoms with Gasteiger partial charge in [-0.2, -0.15) is 0 Å². The fraction of sp³-hybridized carbons (Fsp3) is 0.500. The minimum absolute atomic E-state index is 0.0485. The number of primary sulfonamides is 1. The van der Waals surface area contributed by atoms with Crippen molar-refractivity contribution in [2.75, 3.05) is 4.90 Å². The van der Waals surface area contributed by atoms with E-state index in [9.17, 15) is 18.0 Å². The van der Waals surface area contributed by atoms with Crippen molar-refractivity contribution >= 4 is 27.5 Å². The standard InChI is InChI=1S/C16H20N2O4S/c1-15(2)12-8-9-16(15,3)14(20)18(13(12)19)10-4-6-11(7-5-10)23(17,21)22/h4-7,12H,8-9H2,1-3H3,(H2,17,21,22)/t12-,16-/m0/s1. The number of carbonyl (C=O) groups is 2. The molecule has 0 unspecified atom stereocenters. The smallest absolute Gasteiger partial charge is 0.240 e. The molecule has 0 radical (unpaired) electrons. The number of benzene rings is 1. The number of nitrogens with two attached hydrogens (primary N) is 1. The van der Waals surface area contributed by atoms with Crippen LogP contribution in [0, 0.1) is 16.7 Å². The van der Waals surface area contributed by atoms with Crippen molar-refractivity contribution in [3.05, 3.63) is 24.3 Å². The number of sulfonamides is 1. The molecule has 3 rings (SSSR count). The fourth-order valence-corrected chi connectivity index (χ4v) is 4.36. The second-order valence-corrected chi connectivity index (χ2v) is 8.72.